The number of urea groups is 1. The number of rotatable bonds is 2. The van der Waals surface area contributed by atoms with Gasteiger partial charge in [-0.2, -0.15) is 13.2 Å². The molecule has 112 valence electrons. The molecule has 0 fully saturated rings. The van der Waals surface area contributed by atoms with Crippen molar-refractivity contribution in [1.82, 2.24) is 5.32 Å². The van der Waals surface area contributed by atoms with Crippen molar-refractivity contribution in [1.29, 1.82) is 0 Å². The highest BCUT2D eigenvalue weighted by Crippen LogP contribution is 2.32. The molecule has 0 aromatic heterocycles. The van der Waals surface area contributed by atoms with Gasteiger partial charge in [-0.1, -0.05) is 6.07 Å². The molecule has 0 aliphatic carbocycles. The maximum absolute atomic E-state index is 12.7. The minimum Gasteiger partial charge on any atom is -0.466 e. The number of nitrogens with one attached hydrogen (secondary N) is 1. The molecule has 1 aromatic rings. The first-order valence-electron chi connectivity index (χ1n) is 5.86. The third-order valence-electron chi connectivity index (χ3n) is 2.83. The van der Waals surface area contributed by atoms with E-state index in [0.717, 1.165) is 17.0 Å². The summed E-state index contributed by atoms with van der Waals surface area (Å²) in [5.41, 5.74) is -0.746. The molecule has 2 rings (SSSR count). The van der Waals surface area contributed by atoms with Crippen LogP contribution in [-0.2, 0) is 15.7 Å². The van der Waals surface area contributed by atoms with Gasteiger partial charge in [-0.15, -0.1) is 0 Å². The number of esters is 1. The highest BCUT2D eigenvalue weighted by Gasteiger charge is 2.32. The first-order chi connectivity index (χ1) is 9.82. The van der Waals surface area contributed by atoms with Crippen LogP contribution in [0.5, 0.6) is 0 Å². The van der Waals surface area contributed by atoms with Crippen molar-refractivity contribution in [2.45, 2.75) is 6.18 Å². The second-order valence-corrected chi connectivity index (χ2v) is 4.22. The summed E-state index contributed by atoms with van der Waals surface area (Å²) in [7, 11) is 1.17. The molecule has 0 unspecified atom stereocenters. The van der Waals surface area contributed by atoms with Gasteiger partial charge in [0.2, 0.25) is 0 Å². The number of alkyl halides is 3. The molecule has 0 atom stereocenters. The number of ether oxygens (including phenoxy) is 1. The van der Waals surface area contributed by atoms with E-state index in [1.54, 1.807) is 0 Å². The van der Waals surface area contributed by atoms with Crippen molar-refractivity contribution in [3.05, 3.63) is 41.6 Å². The van der Waals surface area contributed by atoms with E-state index >= 15 is 0 Å². The molecule has 0 radical (unpaired) electrons. The van der Waals surface area contributed by atoms with Crippen molar-refractivity contribution in [3.8, 4) is 0 Å². The van der Waals surface area contributed by atoms with E-state index < -0.39 is 23.7 Å². The van der Waals surface area contributed by atoms with Gasteiger partial charge in [0.15, 0.2) is 0 Å². The Hall–Kier alpha value is -2.51. The number of halogens is 3. The van der Waals surface area contributed by atoms with Gasteiger partial charge in [-0.25, -0.2) is 9.59 Å². The maximum atomic E-state index is 12.7. The largest absolute Gasteiger partial charge is 0.466 e. The van der Waals surface area contributed by atoms with Crippen LogP contribution >= 0.6 is 0 Å². The summed E-state index contributed by atoms with van der Waals surface area (Å²) in [6.45, 7) is -0.0407. The van der Waals surface area contributed by atoms with E-state index in [9.17, 15) is 22.8 Å². The minimum atomic E-state index is -4.52. The average Bonchev–Trinajstić information content (AvgIpc) is 2.46. The van der Waals surface area contributed by atoms with Gasteiger partial charge in [-0.3, -0.25) is 4.90 Å². The van der Waals surface area contributed by atoms with Crippen LogP contribution in [0.25, 0.3) is 0 Å². The zero-order chi connectivity index (χ0) is 15.6. The van der Waals surface area contributed by atoms with Gasteiger partial charge in [-0.05, 0) is 18.2 Å². The van der Waals surface area contributed by atoms with Crippen LogP contribution in [0.3, 0.4) is 0 Å². The summed E-state index contributed by atoms with van der Waals surface area (Å²) >= 11 is 0. The van der Waals surface area contributed by atoms with Gasteiger partial charge in [0.25, 0.3) is 0 Å². The first kappa shape index (κ1) is 14.9. The van der Waals surface area contributed by atoms with Crippen molar-refractivity contribution < 1.29 is 27.5 Å². The predicted octanol–water partition coefficient (Wildman–Crippen LogP) is 2.29. The van der Waals surface area contributed by atoms with Gasteiger partial charge in [0, 0.05) is 6.20 Å². The molecule has 1 aliphatic rings. The lowest BCUT2D eigenvalue weighted by Gasteiger charge is -2.25. The summed E-state index contributed by atoms with van der Waals surface area (Å²) < 4.78 is 42.6. The van der Waals surface area contributed by atoms with Crippen LogP contribution in [0.2, 0.25) is 0 Å². The summed E-state index contributed by atoms with van der Waals surface area (Å²) in [5, 5.41) is 2.39. The monoisotopic (exact) mass is 300 g/mol. The minimum absolute atomic E-state index is 0.00317. The van der Waals surface area contributed by atoms with Crippen molar-refractivity contribution in [3.63, 3.8) is 0 Å². The van der Waals surface area contributed by atoms with Gasteiger partial charge in [0.05, 0.1) is 30.5 Å². The molecular formula is C13H11F3N2O3. The van der Waals surface area contributed by atoms with E-state index in [0.29, 0.717) is 0 Å². The zero-order valence-corrected chi connectivity index (χ0v) is 10.9. The number of carbonyl (C=O) groups is 2. The van der Waals surface area contributed by atoms with Crippen molar-refractivity contribution >= 4 is 17.7 Å². The first-order valence-corrected chi connectivity index (χ1v) is 5.86. The van der Waals surface area contributed by atoms with Crippen LogP contribution in [0.15, 0.2) is 36.0 Å². The number of benzene rings is 1. The molecule has 5 nitrogen and oxygen atoms in total. The molecule has 1 aliphatic heterocycles. The van der Waals surface area contributed by atoms with E-state index in [1.807, 2.05) is 0 Å². The third-order valence-corrected chi connectivity index (χ3v) is 2.83. The topological polar surface area (TPSA) is 58.6 Å². The fraction of sp³-hybridized carbons (Fsp3) is 0.231. The number of hydrogen-bond donors (Lipinski definition) is 1. The van der Waals surface area contributed by atoms with E-state index in [-0.39, 0.29) is 17.8 Å². The summed E-state index contributed by atoms with van der Waals surface area (Å²) in [5.74, 6) is -0.660. The number of anilines is 1. The Morgan fingerprint density at radius 3 is 2.71 bits per heavy atom. The lowest BCUT2D eigenvalue weighted by molar-refractivity contribution is -0.138. The standard InChI is InChI=1S/C13H11F3N2O3/c1-21-11(19)8-6-17-12(20)18(7-8)10-4-2-3-9(5-10)13(14,15)16/h2-5,7H,6H2,1H3,(H,17,20). The third kappa shape index (κ3) is 3.15. The molecule has 21 heavy (non-hydrogen) atoms. The van der Waals surface area contributed by atoms with Crippen LogP contribution in [0, 0.1) is 0 Å². The molecule has 2 amide bonds. The molecule has 1 N–H and O–H groups in total. The second kappa shape index (κ2) is 5.47. The SMILES string of the molecule is COC(=O)C1=CN(c2cccc(C(F)(F)F)c2)C(=O)NC1. The Bertz CT molecular complexity index is 611. The second-order valence-electron chi connectivity index (χ2n) is 4.22. The average molecular weight is 300 g/mol. The Balaban J connectivity index is 2.39. The Labute approximate surface area is 118 Å². The highest BCUT2D eigenvalue weighted by atomic mass is 19.4. The Morgan fingerprint density at radius 1 is 1.38 bits per heavy atom. The van der Waals surface area contributed by atoms with Crippen LogP contribution in [0.1, 0.15) is 5.56 Å². The highest BCUT2D eigenvalue weighted by molar-refractivity contribution is 6.00. The number of methoxy groups -OCH3 is 1. The fourth-order valence-electron chi connectivity index (χ4n) is 1.80. The smallest absolute Gasteiger partial charge is 0.416 e. The van der Waals surface area contributed by atoms with Crippen LogP contribution in [0.4, 0.5) is 23.7 Å². The molecule has 0 bridgehead atoms. The lowest BCUT2D eigenvalue weighted by Crippen LogP contribution is -2.43. The normalized spacial score (nSPS) is 15.3. The number of carbonyl (C=O) groups excluding carboxylic acids is 2. The molecular weight excluding hydrogens is 289 g/mol. The Kier molecular flexibility index (Phi) is 3.88. The fourth-order valence-corrected chi connectivity index (χ4v) is 1.80. The Morgan fingerprint density at radius 2 is 2.10 bits per heavy atom. The lowest BCUT2D eigenvalue weighted by atomic mass is 10.1. The summed E-state index contributed by atoms with van der Waals surface area (Å²) in [4.78, 5) is 24.1. The van der Waals surface area contributed by atoms with Gasteiger partial charge >= 0.3 is 18.2 Å². The van der Waals surface area contributed by atoms with Crippen molar-refractivity contribution in [2.24, 2.45) is 0 Å². The van der Waals surface area contributed by atoms with Crippen LogP contribution in [-0.4, -0.2) is 25.7 Å². The summed E-state index contributed by atoms with van der Waals surface area (Å²) in [6, 6.07) is 3.63. The van der Waals surface area contributed by atoms with Crippen LogP contribution < -0.4 is 10.2 Å². The summed E-state index contributed by atoms with van der Waals surface area (Å²) in [6.07, 6.45) is -3.35. The quantitative estimate of drug-likeness (QED) is 0.853. The molecule has 0 spiro atoms. The van der Waals surface area contributed by atoms with E-state index in [1.165, 1.54) is 25.4 Å². The number of amides is 2. The molecule has 1 aromatic carbocycles. The molecule has 8 heteroatoms. The molecule has 1 heterocycles. The van der Waals surface area contributed by atoms with E-state index in [4.69, 9.17) is 0 Å². The van der Waals surface area contributed by atoms with Crippen molar-refractivity contribution in [2.75, 3.05) is 18.6 Å². The predicted molar refractivity (Wildman–Crippen MR) is 67.4 cm³/mol. The number of hydrogen-bond acceptors (Lipinski definition) is 3. The maximum Gasteiger partial charge on any atom is 0.416 e. The zero-order valence-electron chi connectivity index (χ0n) is 10.9. The van der Waals surface area contributed by atoms with E-state index in [2.05, 4.69) is 10.1 Å². The molecule has 0 saturated carbocycles. The number of nitrogens with zero attached hydrogens (tertiary/aromatic N) is 1. The van der Waals surface area contributed by atoms with Gasteiger partial charge < -0.3 is 10.1 Å². The molecule has 0 saturated heterocycles. The van der Waals surface area contributed by atoms with Gasteiger partial charge in [0.1, 0.15) is 0 Å².